The van der Waals surface area contributed by atoms with Gasteiger partial charge in [-0.3, -0.25) is 4.79 Å². The van der Waals surface area contributed by atoms with E-state index in [1.807, 2.05) is 0 Å². The fraction of sp³-hybridized carbons (Fsp3) is 0.188. The molecule has 0 aliphatic heterocycles. The highest BCUT2D eigenvalue weighted by Crippen LogP contribution is 2.29. The number of anilines is 1. The number of nitrogens with one attached hydrogen (secondary N) is 1. The zero-order valence-corrected chi connectivity index (χ0v) is 13.8. The van der Waals surface area contributed by atoms with Gasteiger partial charge in [0.25, 0.3) is 5.91 Å². The summed E-state index contributed by atoms with van der Waals surface area (Å²) in [7, 11) is -3.32. The van der Waals surface area contributed by atoms with E-state index in [2.05, 4.69) is 5.32 Å². The highest BCUT2D eigenvalue weighted by atomic mass is 32.2. The van der Waals surface area contributed by atoms with Crippen molar-refractivity contribution in [2.24, 2.45) is 0 Å². The molecule has 0 aromatic heterocycles. The highest BCUT2D eigenvalue weighted by molar-refractivity contribution is 7.90. The lowest BCUT2D eigenvalue weighted by molar-refractivity contribution is -0.137. The van der Waals surface area contributed by atoms with Crippen LogP contribution in [0.3, 0.4) is 0 Å². The Kier molecular flexibility index (Phi) is 5.36. The Morgan fingerprint density at radius 3 is 2.08 bits per heavy atom. The van der Waals surface area contributed by atoms with Gasteiger partial charge in [0.15, 0.2) is 16.4 Å². The second kappa shape index (κ2) is 7.14. The zero-order valence-electron chi connectivity index (χ0n) is 13.0. The molecule has 2 aromatic rings. The van der Waals surface area contributed by atoms with Gasteiger partial charge in [-0.05, 0) is 48.5 Å². The summed E-state index contributed by atoms with van der Waals surface area (Å²) in [6.07, 6.45) is -3.37. The largest absolute Gasteiger partial charge is 0.484 e. The second-order valence-corrected chi connectivity index (χ2v) is 7.17. The van der Waals surface area contributed by atoms with Crippen LogP contribution in [0.5, 0.6) is 5.75 Å². The van der Waals surface area contributed by atoms with E-state index in [1.54, 1.807) is 0 Å². The third-order valence-electron chi connectivity index (χ3n) is 3.12. The number of hydrogen-bond acceptors (Lipinski definition) is 4. The fourth-order valence-corrected chi connectivity index (χ4v) is 2.50. The summed E-state index contributed by atoms with van der Waals surface area (Å²) in [6.45, 7) is -0.376. The van der Waals surface area contributed by atoms with Crippen molar-refractivity contribution in [3.05, 3.63) is 54.1 Å². The summed E-state index contributed by atoms with van der Waals surface area (Å²) in [5.74, 6) is -0.276. The van der Waals surface area contributed by atoms with E-state index in [0.29, 0.717) is 0 Å². The standard InChI is InChI=1S/C16H14F3NO4S/c1-25(22,23)14-8-6-13(7-9-14)24-10-15(21)20-12-4-2-11(3-5-12)16(17,18)19/h2-9H,10H2,1H3,(H,20,21). The summed E-state index contributed by atoms with van der Waals surface area (Å²) in [5.41, 5.74) is -0.610. The maximum Gasteiger partial charge on any atom is 0.416 e. The minimum absolute atomic E-state index is 0.119. The molecular weight excluding hydrogens is 359 g/mol. The Hall–Kier alpha value is -2.55. The maximum absolute atomic E-state index is 12.4. The van der Waals surface area contributed by atoms with Crippen LogP contribution in [0.2, 0.25) is 0 Å². The summed E-state index contributed by atoms with van der Waals surface area (Å²) >= 11 is 0. The summed E-state index contributed by atoms with van der Waals surface area (Å²) in [5, 5.41) is 2.40. The summed E-state index contributed by atoms with van der Waals surface area (Å²) < 4.78 is 65.2. The number of rotatable bonds is 5. The Bertz CT molecular complexity index is 844. The molecule has 134 valence electrons. The van der Waals surface area contributed by atoms with Gasteiger partial charge >= 0.3 is 6.18 Å². The number of carbonyl (C=O) groups is 1. The van der Waals surface area contributed by atoms with Crippen molar-refractivity contribution in [2.75, 3.05) is 18.2 Å². The van der Waals surface area contributed by atoms with E-state index in [1.165, 1.54) is 24.3 Å². The van der Waals surface area contributed by atoms with E-state index in [9.17, 15) is 26.4 Å². The number of halogens is 3. The topological polar surface area (TPSA) is 72.5 Å². The molecule has 0 radical (unpaired) electrons. The molecule has 0 atom stereocenters. The average Bonchev–Trinajstić information content (AvgIpc) is 2.52. The molecule has 1 N–H and O–H groups in total. The number of ether oxygens (including phenoxy) is 1. The molecule has 0 bridgehead atoms. The molecule has 0 spiro atoms. The monoisotopic (exact) mass is 373 g/mol. The maximum atomic E-state index is 12.4. The minimum Gasteiger partial charge on any atom is -0.484 e. The first-order valence-electron chi connectivity index (χ1n) is 6.96. The summed E-state index contributed by atoms with van der Waals surface area (Å²) in [6, 6.07) is 9.50. The summed E-state index contributed by atoms with van der Waals surface area (Å²) in [4.78, 5) is 11.9. The third kappa shape index (κ3) is 5.49. The Morgan fingerprint density at radius 2 is 1.60 bits per heavy atom. The van der Waals surface area contributed by atoms with Crippen LogP contribution in [-0.4, -0.2) is 27.2 Å². The Labute approximate surface area is 142 Å². The normalized spacial score (nSPS) is 11.8. The van der Waals surface area contributed by atoms with Crippen LogP contribution in [0.4, 0.5) is 18.9 Å². The lowest BCUT2D eigenvalue weighted by Gasteiger charge is -2.10. The van der Waals surface area contributed by atoms with Gasteiger partial charge in [-0.15, -0.1) is 0 Å². The van der Waals surface area contributed by atoms with Crippen molar-refractivity contribution in [3.8, 4) is 5.75 Å². The quantitative estimate of drug-likeness (QED) is 0.874. The van der Waals surface area contributed by atoms with Gasteiger partial charge in [0.1, 0.15) is 5.75 Å². The van der Waals surface area contributed by atoms with E-state index >= 15 is 0 Å². The van der Waals surface area contributed by atoms with Crippen molar-refractivity contribution in [2.45, 2.75) is 11.1 Å². The molecule has 0 saturated carbocycles. The van der Waals surface area contributed by atoms with Crippen LogP contribution in [0.1, 0.15) is 5.56 Å². The van der Waals surface area contributed by atoms with E-state index < -0.39 is 27.5 Å². The predicted molar refractivity (Wildman–Crippen MR) is 85.1 cm³/mol. The van der Waals surface area contributed by atoms with E-state index in [4.69, 9.17) is 4.74 Å². The van der Waals surface area contributed by atoms with Gasteiger partial charge in [-0.25, -0.2) is 8.42 Å². The molecule has 0 saturated heterocycles. The number of sulfone groups is 1. The second-order valence-electron chi connectivity index (χ2n) is 5.16. The van der Waals surface area contributed by atoms with Gasteiger partial charge in [-0.1, -0.05) is 0 Å². The van der Waals surface area contributed by atoms with Crippen molar-refractivity contribution in [1.82, 2.24) is 0 Å². The van der Waals surface area contributed by atoms with Crippen molar-refractivity contribution in [1.29, 1.82) is 0 Å². The molecule has 25 heavy (non-hydrogen) atoms. The lowest BCUT2D eigenvalue weighted by Crippen LogP contribution is -2.20. The fourth-order valence-electron chi connectivity index (χ4n) is 1.87. The number of benzene rings is 2. The zero-order chi connectivity index (χ0) is 18.7. The number of amides is 1. The van der Waals surface area contributed by atoms with Crippen LogP contribution < -0.4 is 10.1 Å². The smallest absolute Gasteiger partial charge is 0.416 e. The van der Waals surface area contributed by atoms with Gasteiger partial charge in [0.05, 0.1) is 10.5 Å². The van der Waals surface area contributed by atoms with Crippen LogP contribution >= 0.6 is 0 Å². The van der Waals surface area contributed by atoms with Crippen molar-refractivity contribution >= 4 is 21.4 Å². The predicted octanol–water partition coefficient (Wildman–Crippen LogP) is 3.13. The van der Waals surface area contributed by atoms with Gasteiger partial charge in [-0.2, -0.15) is 13.2 Å². The lowest BCUT2D eigenvalue weighted by atomic mass is 10.2. The molecule has 5 nitrogen and oxygen atoms in total. The molecule has 0 fully saturated rings. The van der Waals surface area contributed by atoms with Crippen LogP contribution in [0, 0.1) is 0 Å². The van der Waals surface area contributed by atoms with Gasteiger partial charge in [0.2, 0.25) is 0 Å². The number of hydrogen-bond donors (Lipinski definition) is 1. The Morgan fingerprint density at radius 1 is 1.04 bits per heavy atom. The molecule has 2 rings (SSSR count). The first-order chi connectivity index (χ1) is 11.6. The first-order valence-corrected chi connectivity index (χ1v) is 8.85. The first kappa shape index (κ1) is 18.8. The van der Waals surface area contributed by atoms with E-state index in [-0.39, 0.29) is 22.9 Å². The van der Waals surface area contributed by atoms with Crippen LogP contribution in [-0.2, 0) is 20.8 Å². The molecule has 2 aromatic carbocycles. The van der Waals surface area contributed by atoms with Crippen molar-refractivity contribution in [3.63, 3.8) is 0 Å². The molecule has 1 amide bonds. The molecule has 0 aliphatic carbocycles. The number of carbonyl (C=O) groups excluding carboxylic acids is 1. The highest BCUT2D eigenvalue weighted by Gasteiger charge is 2.29. The molecular formula is C16H14F3NO4S. The average molecular weight is 373 g/mol. The minimum atomic E-state index is -4.44. The van der Waals surface area contributed by atoms with Gasteiger partial charge < -0.3 is 10.1 Å². The van der Waals surface area contributed by atoms with Gasteiger partial charge in [0, 0.05) is 11.9 Å². The van der Waals surface area contributed by atoms with Crippen LogP contribution in [0.15, 0.2) is 53.4 Å². The Balaban J connectivity index is 1.90. The molecule has 0 aliphatic rings. The third-order valence-corrected chi connectivity index (χ3v) is 4.25. The van der Waals surface area contributed by atoms with Crippen LogP contribution in [0.25, 0.3) is 0 Å². The molecule has 0 heterocycles. The number of alkyl halides is 3. The molecule has 0 unspecified atom stereocenters. The van der Waals surface area contributed by atoms with E-state index in [0.717, 1.165) is 30.5 Å². The molecule has 9 heteroatoms. The van der Waals surface area contributed by atoms with Crippen molar-refractivity contribution < 1.29 is 31.1 Å². The SMILES string of the molecule is CS(=O)(=O)c1ccc(OCC(=O)Nc2ccc(C(F)(F)F)cc2)cc1.